The van der Waals surface area contributed by atoms with Crippen LogP contribution in [0.3, 0.4) is 0 Å². The summed E-state index contributed by atoms with van der Waals surface area (Å²) in [5.74, 6) is 2.14. The lowest BCUT2D eigenvalue weighted by Crippen LogP contribution is -1.97. The van der Waals surface area contributed by atoms with E-state index in [9.17, 15) is 0 Å². The standard InChI is InChI=1S/C46H30N4.2C40H26N4/c1-3-12-31(13-4-1)32-22-24-33(25-23-32)41-26-27-47-46(48-41)34-14-11-17-36(28-34)50-43-21-10-8-19-38(43)40-29-39-37-18-7-9-20-42(37)49(44(39)30-45(40)50)35-15-5-2-6-16-35;1-3-12-27(13-4-1)29-25-41-40(42-26-29)28-14-11-17-31(22-28)44-37-21-10-8-19-33(37)35-23-34-32-18-7-9-20-36(32)43(38(34)24-39(35)44)30-15-5-2-6-16-30;1-3-11-28(12-4-1)40-41-25-29(26-42-40)27-19-21-31(22-20-27)44-37-18-10-8-16-33(37)35-23-34-32-15-7-9-17-36(32)43(38(34)24-39(35)44)30-13-5-2-6-14-30/h1-30H;2*1-26H. The molecule has 0 radical (unpaired) electrons. The SMILES string of the molecule is c1ccc(-c2ccc(-c3ccnc(-c4cccc(-n5c6ccccc6c6cc7c8ccccc8n(-c8ccccc8)c7cc65)c4)n3)cc2)cc1.c1ccc(-c2cnc(-c3cccc(-n4c5ccccc5c5cc6c7ccccc7n(-c7ccccc7)c6cc54)c3)nc2)cc1.c1ccc(-c2ncc(-c3ccc(-n4c5ccccc5c5cc6c7ccccc7n(-c7ccccc7)c6cc54)cc3)cn2)cc1. The Morgan fingerprint density at radius 1 is 0.130 bits per heavy atom. The highest BCUT2D eigenvalue weighted by Crippen LogP contribution is 2.46. The summed E-state index contributed by atoms with van der Waals surface area (Å²) in [6.45, 7) is 0. The first kappa shape index (κ1) is 80.1. The van der Waals surface area contributed by atoms with Gasteiger partial charge in [-0.15, -0.1) is 0 Å². The second-order valence-corrected chi connectivity index (χ2v) is 35.0. The van der Waals surface area contributed by atoms with Crippen LogP contribution >= 0.6 is 0 Å². The Hall–Kier alpha value is -18.8. The van der Waals surface area contributed by atoms with E-state index in [0.29, 0.717) is 11.6 Å². The molecule has 138 heavy (non-hydrogen) atoms. The number of aromatic nitrogens is 12. The minimum Gasteiger partial charge on any atom is -0.309 e. The van der Waals surface area contributed by atoms with Crippen molar-refractivity contribution in [1.82, 2.24) is 57.3 Å². The molecule has 646 valence electrons. The van der Waals surface area contributed by atoms with Crippen LogP contribution in [0.25, 0.3) is 244 Å². The number of nitrogens with zero attached hydrogens (tertiary/aromatic N) is 12. The van der Waals surface area contributed by atoms with Crippen LogP contribution in [-0.4, -0.2) is 57.3 Å². The maximum atomic E-state index is 5.05. The van der Waals surface area contributed by atoms with Gasteiger partial charge in [0.05, 0.1) is 71.9 Å². The first-order chi connectivity index (χ1) is 68.5. The summed E-state index contributed by atoms with van der Waals surface area (Å²) in [6.07, 6.45) is 9.48. The van der Waals surface area contributed by atoms with Crippen LogP contribution in [0.2, 0.25) is 0 Å². The second kappa shape index (κ2) is 33.8. The second-order valence-electron chi connectivity index (χ2n) is 35.0. The van der Waals surface area contributed by atoms with E-state index in [2.05, 4.69) is 444 Å². The summed E-state index contributed by atoms with van der Waals surface area (Å²) < 4.78 is 14.3. The molecule has 0 bridgehead atoms. The summed E-state index contributed by atoms with van der Waals surface area (Å²) in [4.78, 5) is 28.6. The molecule has 0 N–H and O–H groups in total. The lowest BCUT2D eigenvalue weighted by Gasteiger charge is -2.11. The molecule has 12 heteroatoms. The third-order valence-corrected chi connectivity index (χ3v) is 27.0. The first-order valence-corrected chi connectivity index (χ1v) is 46.6. The number of para-hydroxylation sites is 9. The van der Waals surface area contributed by atoms with Crippen LogP contribution in [0.1, 0.15) is 0 Å². The Balaban J connectivity index is 0.000000107. The van der Waals surface area contributed by atoms with Crippen molar-refractivity contribution < 1.29 is 0 Å². The van der Waals surface area contributed by atoms with Crippen molar-refractivity contribution in [3.8, 4) is 113 Å². The van der Waals surface area contributed by atoms with Crippen molar-refractivity contribution in [1.29, 1.82) is 0 Å². The van der Waals surface area contributed by atoms with E-state index in [4.69, 9.17) is 19.9 Å². The van der Waals surface area contributed by atoms with Crippen molar-refractivity contribution in [2.24, 2.45) is 0 Å². The number of rotatable bonds is 13. The fourth-order valence-electron chi connectivity index (χ4n) is 20.7. The van der Waals surface area contributed by atoms with Gasteiger partial charge >= 0.3 is 0 Å². The molecule has 19 aromatic carbocycles. The van der Waals surface area contributed by atoms with Crippen molar-refractivity contribution in [3.63, 3.8) is 0 Å². The summed E-state index contributed by atoms with van der Waals surface area (Å²) in [6, 6.07) is 166. The zero-order chi connectivity index (χ0) is 91.1. The summed E-state index contributed by atoms with van der Waals surface area (Å²) in [5, 5.41) is 14.9. The molecule has 0 aliphatic heterocycles. The number of hydrogen-bond donors (Lipinski definition) is 0. The van der Waals surface area contributed by atoms with Crippen molar-refractivity contribution in [3.05, 3.63) is 498 Å². The predicted molar refractivity (Wildman–Crippen MR) is 570 cm³/mol. The van der Waals surface area contributed by atoms with Crippen LogP contribution in [0.5, 0.6) is 0 Å². The molecule has 9 aromatic heterocycles. The molecule has 9 heterocycles. The largest absolute Gasteiger partial charge is 0.309 e. The Kier molecular flexibility index (Phi) is 19.6. The number of benzene rings is 19. The van der Waals surface area contributed by atoms with Gasteiger partial charge in [0.25, 0.3) is 0 Å². The molecule has 0 aliphatic rings. The third kappa shape index (κ3) is 13.9. The van der Waals surface area contributed by atoms with E-state index in [-0.39, 0.29) is 0 Å². The predicted octanol–water partition coefficient (Wildman–Crippen LogP) is 31.7. The molecule has 0 amide bonds. The lowest BCUT2D eigenvalue weighted by atomic mass is 10.0. The molecular weight excluding hydrogens is 1680 g/mol. The molecule has 28 aromatic rings. The molecule has 0 fully saturated rings. The van der Waals surface area contributed by atoms with Crippen LogP contribution in [0, 0.1) is 0 Å². The highest BCUT2D eigenvalue weighted by atomic mass is 15.0. The van der Waals surface area contributed by atoms with Gasteiger partial charge < -0.3 is 27.4 Å². The van der Waals surface area contributed by atoms with Gasteiger partial charge in [-0.05, 0) is 174 Å². The highest BCUT2D eigenvalue weighted by molar-refractivity contribution is 6.23. The van der Waals surface area contributed by atoms with Crippen molar-refractivity contribution in [2.45, 2.75) is 0 Å². The highest BCUT2D eigenvalue weighted by Gasteiger charge is 2.25. The molecule has 0 unspecified atom stereocenters. The summed E-state index contributed by atoms with van der Waals surface area (Å²) in [5.41, 5.74) is 32.4. The molecule has 0 saturated carbocycles. The first-order valence-electron chi connectivity index (χ1n) is 46.6. The van der Waals surface area contributed by atoms with Crippen LogP contribution in [-0.2, 0) is 0 Å². The lowest BCUT2D eigenvalue weighted by molar-refractivity contribution is 1.15. The minimum atomic E-state index is 0.698. The molecule has 12 nitrogen and oxygen atoms in total. The average molecular weight is 1760 g/mol. The van der Waals surface area contributed by atoms with Crippen molar-refractivity contribution >= 4 is 131 Å². The van der Waals surface area contributed by atoms with Crippen LogP contribution < -0.4 is 0 Å². The Bertz CT molecular complexity index is 9520. The minimum absolute atomic E-state index is 0.698. The zero-order valence-corrected chi connectivity index (χ0v) is 74.7. The van der Waals surface area contributed by atoms with E-state index in [1.54, 1.807) is 0 Å². The molecule has 0 aliphatic carbocycles. The topological polar surface area (TPSA) is 107 Å². The molecule has 0 saturated heterocycles. The van der Waals surface area contributed by atoms with Gasteiger partial charge in [-0.1, -0.05) is 315 Å². The third-order valence-electron chi connectivity index (χ3n) is 27.0. The maximum Gasteiger partial charge on any atom is 0.159 e. The zero-order valence-electron chi connectivity index (χ0n) is 74.7. The monoisotopic (exact) mass is 1760 g/mol. The van der Waals surface area contributed by atoms with Gasteiger partial charge in [0, 0.05) is 163 Å². The van der Waals surface area contributed by atoms with E-state index in [1.165, 1.54) is 125 Å². The van der Waals surface area contributed by atoms with E-state index in [0.717, 1.165) is 107 Å². The Labute approximate surface area is 793 Å². The molecule has 28 rings (SSSR count). The molecule has 0 spiro atoms. The summed E-state index contributed by atoms with van der Waals surface area (Å²) in [7, 11) is 0. The fourth-order valence-corrected chi connectivity index (χ4v) is 20.7. The smallest absolute Gasteiger partial charge is 0.159 e. The van der Waals surface area contributed by atoms with E-state index < -0.39 is 0 Å². The normalized spacial score (nSPS) is 11.6. The maximum absolute atomic E-state index is 5.05. The van der Waals surface area contributed by atoms with Gasteiger partial charge in [0.2, 0.25) is 0 Å². The Morgan fingerprint density at radius 2 is 0.370 bits per heavy atom. The molecular formula is C126H82N12. The van der Waals surface area contributed by atoms with Crippen molar-refractivity contribution in [2.75, 3.05) is 0 Å². The number of fused-ring (bicyclic) bond motifs is 18. The van der Waals surface area contributed by atoms with E-state index >= 15 is 0 Å². The van der Waals surface area contributed by atoms with Crippen LogP contribution in [0.4, 0.5) is 0 Å². The molecule has 0 atom stereocenters. The van der Waals surface area contributed by atoms with Gasteiger partial charge in [-0.2, -0.15) is 0 Å². The number of hydrogen-bond acceptors (Lipinski definition) is 6. The van der Waals surface area contributed by atoms with E-state index in [1.807, 2.05) is 91.6 Å². The van der Waals surface area contributed by atoms with Gasteiger partial charge in [0.1, 0.15) is 0 Å². The van der Waals surface area contributed by atoms with Gasteiger partial charge in [-0.3, -0.25) is 0 Å². The van der Waals surface area contributed by atoms with Crippen LogP contribution in [0.15, 0.2) is 498 Å². The van der Waals surface area contributed by atoms with Gasteiger partial charge in [-0.25, -0.2) is 29.9 Å². The fraction of sp³-hybridized carbons (Fsp3) is 0. The average Bonchev–Trinajstić information content (AvgIpc) is 1.56. The summed E-state index contributed by atoms with van der Waals surface area (Å²) >= 11 is 0. The Morgan fingerprint density at radius 3 is 0.717 bits per heavy atom. The quantitative estimate of drug-likeness (QED) is 0.114. The van der Waals surface area contributed by atoms with Gasteiger partial charge in [0.15, 0.2) is 17.5 Å².